The number of nitrogens with one attached hydrogen (secondary N) is 2. The molecule has 1 amide bonds. The van der Waals surface area contributed by atoms with Gasteiger partial charge in [-0.3, -0.25) is 9.59 Å². The third-order valence-corrected chi connectivity index (χ3v) is 5.01. The number of fused-ring (bicyclic) bond motifs is 1. The summed E-state index contributed by atoms with van der Waals surface area (Å²) in [6.07, 6.45) is 0. The van der Waals surface area contributed by atoms with E-state index in [-0.39, 0.29) is 11.5 Å². The average Bonchev–Trinajstić information content (AvgIpc) is 2.59. The summed E-state index contributed by atoms with van der Waals surface area (Å²) in [5.74, 6) is 0.530. The fourth-order valence-electron chi connectivity index (χ4n) is 2.35. The molecule has 6 heteroatoms. The van der Waals surface area contributed by atoms with Crippen molar-refractivity contribution in [2.75, 3.05) is 12.3 Å². The second-order valence-corrected chi connectivity index (χ2v) is 7.24. The second kappa shape index (κ2) is 7.68. The molecular formula is C18H15BrN2O2S. The third-order valence-electron chi connectivity index (χ3n) is 3.47. The van der Waals surface area contributed by atoms with Gasteiger partial charge in [0.25, 0.3) is 5.91 Å². The number of pyridine rings is 1. The van der Waals surface area contributed by atoms with Crippen LogP contribution in [0.25, 0.3) is 10.9 Å². The van der Waals surface area contributed by atoms with Crippen LogP contribution >= 0.6 is 27.7 Å². The zero-order valence-electron chi connectivity index (χ0n) is 12.7. The molecule has 0 atom stereocenters. The van der Waals surface area contributed by atoms with Crippen LogP contribution in [0, 0.1) is 0 Å². The van der Waals surface area contributed by atoms with Crippen molar-refractivity contribution in [2.45, 2.75) is 4.90 Å². The van der Waals surface area contributed by atoms with Crippen molar-refractivity contribution in [2.24, 2.45) is 0 Å². The molecule has 0 fully saturated rings. The number of carbonyl (C=O) groups is 1. The Kier molecular flexibility index (Phi) is 5.37. The number of thioether (sulfide) groups is 1. The molecule has 0 spiro atoms. The minimum absolute atomic E-state index is 0.228. The van der Waals surface area contributed by atoms with Crippen LogP contribution in [-0.2, 0) is 0 Å². The normalized spacial score (nSPS) is 10.7. The number of amides is 1. The largest absolute Gasteiger partial charge is 0.351 e. The van der Waals surface area contributed by atoms with E-state index in [2.05, 4.69) is 26.2 Å². The Labute approximate surface area is 151 Å². The van der Waals surface area contributed by atoms with Gasteiger partial charge in [-0.2, -0.15) is 0 Å². The molecular weight excluding hydrogens is 388 g/mol. The predicted molar refractivity (Wildman–Crippen MR) is 102 cm³/mol. The molecule has 0 bridgehead atoms. The van der Waals surface area contributed by atoms with Gasteiger partial charge in [-0.25, -0.2) is 0 Å². The van der Waals surface area contributed by atoms with Crippen molar-refractivity contribution in [3.05, 3.63) is 75.0 Å². The first-order valence-corrected chi connectivity index (χ1v) is 9.20. The lowest BCUT2D eigenvalue weighted by Gasteiger charge is -2.08. The zero-order chi connectivity index (χ0) is 16.9. The summed E-state index contributed by atoms with van der Waals surface area (Å²) >= 11 is 5.07. The summed E-state index contributed by atoms with van der Waals surface area (Å²) in [5, 5.41) is 3.62. The number of rotatable bonds is 5. The van der Waals surface area contributed by atoms with Gasteiger partial charge in [0.15, 0.2) is 0 Å². The van der Waals surface area contributed by atoms with Crippen molar-refractivity contribution in [1.82, 2.24) is 10.3 Å². The number of para-hydroxylation sites is 1. The first-order chi connectivity index (χ1) is 11.6. The number of hydrogen-bond acceptors (Lipinski definition) is 3. The molecule has 0 aliphatic carbocycles. The molecule has 0 aliphatic heterocycles. The Morgan fingerprint density at radius 3 is 2.67 bits per heavy atom. The fraction of sp³-hybridized carbons (Fsp3) is 0.111. The first kappa shape index (κ1) is 16.8. The summed E-state index contributed by atoms with van der Waals surface area (Å²) in [7, 11) is 0. The van der Waals surface area contributed by atoms with E-state index in [1.807, 2.05) is 42.5 Å². The van der Waals surface area contributed by atoms with Crippen molar-refractivity contribution in [1.29, 1.82) is 0 Å². The molecule has 122 valence electrons. The lowest BCUT2D eigenvalue weighted by atomic mass is 10.1. The van der Waals surface area contributed by atoms with E-state index in [1.165, 1.54) is 6.07 Å². The smallest absolute Gasteiger partial charge is 0.252 e. The molecule has 3 rings (SSSR count). The van der Waals surface area contributed by atoms with Gasteiger partial charge in [0.2, 0.25) is 5.56 Å². The van der Waals surface area contributed by atoms with Crippen LogP contribution in [0.1, 0.15) is 10.4 Å². The first-order valence-electron chi connectivity index (χ1n) is 7.42. The number of halogens is 1. The van der Waals surface area contributed by atoms with Crippen LogP contribution in [0.15, 0.2) is 68.8 Å². The number of aromatic amines is 1. The van der Waals surface area contributed by atoms with Gasteiger partial charge in [-0.15, -0.1) is 11.8 Å². The molecule has 0 saturated heterocycles. The SMILES string of the molecule is O=C(NCCSc1ccc(Br)cc1)c1cc(=O)[nH]c2ccccc12. The third kappa shape index (κ3) is 4.07. The Morgan fingerprint density at radius 2 is 1.88 bits per heavy atom. The molecule has 0 saturated carbocycles. The number of aromatic nitrogens is 1. The number of H-pyrrole nitrogens is 1. The van der Waals surface area contributed by atoms with Crippen LogP contribution in [0.2, 0.25) is 0 Å². The second-order valence-electron chi connectivity index (χ2n) is 5.15. The summed E-state index contributed by atoms with van der Waals surface area (Å²) in [4.78, 5) is 28.0. The summed E-state index contributed by atoms with van der Waals surface area (Å²) in [6, 6.07) is 16.7. The Morgan fingerprint density at radius 1 is 1.12 bits per heavy atom. The van der Waals surface area contributed by atoms with Crippen molar-refractivity contribution in [3.8, 4) is 0 Å². The molecule has 4 nitrogen and oxygen atoms in total. The molecule has 0 radical (unpaired) electrons. The van der Waals surface area contributed by atoms with Crippen LogP contribution in [0.5, 0.6) is 0 Å². The molecule has 2 aromatic carbocycles. The molecule has 0 aliphatic rings. The highest BCUT2D eigenvalue weighted by molar-refractivity contribution is 9.10. The number of benzene rings is 2. The Bertz CT molecular complexity index is 922. The highest BCUT2D eigenvalue weighted by Gasteiger charge is 2.11. The number of carbonyl (C=O) groups excluding carboxylic acids is 1. The summed E-state index contributed by atoms with van der Waals surface area (Å²) < 4.78 is 1.04. The van der Waals surface area contributed by atoms with Crippen LogP contribution < -0.4 is 10.9 Å². The molecule has 24 heavy (non-hydrogen) atoms. The minimum atomic E-state index is -0.275. The van der Waals surface area contributed by atoms with Crippen molar-refractivity contribution in [3.63, 3.8) is 0 Å². The minimum Gasteiger partial charge on any atom is -0.351 e. The van der Waals surface area contributed by atoms with Gasteiger partial charge in [0.05, 0.1) is 5.56 Å². The predicted octanol–water partition coefficient (Wildman–Crippen LogP) is 3.81. The zero-order valence-corrected chi connectivity index (χ0v) is 15.1. The van der Waals surface area contributed by atoms with E-state index in [4.69, 9.17) is 0 Å². The van der Waals surface area contributed by atoms with Crippen molar-refractivity contribution < 1.29 is 4.79 Å². The molecule has 3 aromatic rings. The van der Waals surface area contributed by atoms with E-state index in [0.717, 1.165) is 20.5 Å². The van der Waals surface area contributed by atoms with Gasteiger partial charge in [-0.05, 0) is 30.3 Å². The van der Waals surface area contributed by atoms with Crippen LogP contribution in [0.4, 0.5) is 0 Å². The summed E-state index contributed by atoms with van der Waals surface area (Å²) in [5.41, 5.74) is 0.797. The lowest BCUT2D eigenvalue weighted by Crippen LogP contribution is -2.27. The summed E-state index contributed by atoms with van der Waals surface area (Å²) in [6.45, 7) is 0.528. The van der Waals surface area contributed by atoms with Crippen LogP contribution in [0.3, 0.4) is 0 Å². The van der Waals surface area contributed by atoms with Gasteiger partial charge < -0.3 is 10.3 Å². The quantitative estimate of drug-likeness (QED) is 0.503. The van der Waals surface area contributed by atoms with Crippen molar-refractivity contribution >= 4 is 44.5 Å². The van der Waals surface area contributed by atoms with E-state index in [0.29, 0.717) is 17.6 Å². The van der Waals surface area contributed by atoms with E-state index < -0.39 is 0 Å². The Balaban J connectivity index is 1.63. The number of hydrogen-bond donors (Lipinski definition) is 2. The van der Waals surface area contributed by atoms with E-state index >= 15 is 0 Å². The van der Waals surface area contributed by atoms with E-state index in [9.17, 15) is 9.59 Å². The highest BCUT2D eigenvalue weighted by atomic mass is 79.9. The van der Waals surface area contributed by atoms with E-state index in [1.54, 1.807) is 17.8 Å². The van der Waals surface area contributed by atoms with Gasteiger partial charge in [0.1, 0.15) is 0 Å². The topological polar surface area (TPSA) is 62.0 Å². The maximum Gasteiger partial charge on any atom is 0.252 e. The average molecular weight is 403 g/mol. The maximum atomic E-state index is 12.4. The maximum absolute atomic E-state index is 12.4. The van der Waals surface area contributed by atoms with Gasteiger partial charge in [-0.1, -0.05) is 34.1 Å². The molecule has 1 aromatic heterocycles. The lowest BCUT2D eigenvalue weighted by molar-refractivity contribution is 0.0957. The monoisotopic (exact) mass is 402 g/mol. The van der Waals surface area contributed by atoms with Gasteiger partial charge in [0, 0.05) is 38.6 Å². The molecule has 2 N–H and O–H groups in total. The molecule has 0 unspecified atom stereocenters. The fourth-order valence-corrected chi connectivity index (χ4v) is 3.38. The Hall–Kier alpha value is -2.05. The van der Waals surface area contributed by atoms with Gasteiger partial charge >= 0.3 is 0 Å². The molecule has 1 heterocycles. The highest BCUT2D eigenvalue weighted by Crippen LogP contribution is 2.20. The standard InChI is InChI=1S/C18H15BrN2O2S/c19-12-5-7-13(8-6-12)24-10-9-20-18(23)15-11-17(22)21-16-4-2-1-3-14(15)16/h1-8,11H,9-10H2,(H,20,23)(H,21,22). The van der Waals surface area contributed by atoms with Crippen LogP contribution in [-0.4, -0.2) is 23.2 Å².